The van der Waals surface area contributed by atoms with E-state index in [-0.39, 0.29) is 16.8 Å². The number of carbonyl (C=O) groups is 2. The maximum atomic E-state index is 12.9. The predicted molar refractivity (Wildman–Crippen MR) is 118 cm³/mol. The monoisotopic (exact) mass is 444 g/mol. The quantitative estimate of drug-likeness (QED) is 0.690. The fourth-order valence-electron chi connectivity index (χ4n) is 4.05. The zero-order valence-electron chi connectivity index (χ0n) is 18.0. The lowest BCUT2D eigenvalue weighted by Gasteiger charge is -2.40. The Labute approximate surface area is 183 Å². The number of hydrogen-bond acceptors (Lipinski definition) is 5. The number of anilines is 1. The minimum Gasteiger partial charge on any atom is -0.469 e. The number of sulfonamides is 1. The summed E-state index contributed by atoms with van der Waals surface area (Å²) in [6, 6.07) is 14.6. The third-order valence-electron chi connectivity index (χ3n) is 5.99. The van der Waals surface area contributed by atoms with Crippen molar-refractivity contribution >= 4 is 27.6 Å². The molecule has 0 aromatic heterocycles. The predicted octanol–water partition coefficient (Wildman–Crippen LogP) is 3.36. The summed E-state index contributed by atoms with van der Waals surface area (Å²) in [5.74, 6) is -1.08. The second kappa shape index (κ2) is 9.09. The van der Waals surface area contributed by atoms with Gasteiger partial charge in [-0.25, -0.2) is 8.42 Å². The molecule has 0 spiro atoms. The Morgan fingerprint density at radius 1 is 1.06 bits per heavy atom. The highest BCUT2D eigenvalue weighted by Gasteiger charge is 2.42. The van der Waals surface area contributed by atoms with Crippen molar-refractivity contribution in [2.24, 2.45) is 5.92 Å². The van der Waals surface area contributed by atoms with E-state index in [4.69, 9.17) is 4.74 Å². The molecule has 0 saturated heterocycles. The van der Waals surface area contributed by atoms with Gasteiger partial charge in [-0.3, -0.25) is 13.9 Å². The summed E-state index contributed by atoms with van der Waals surface area (Å²) in [6.45, 7) is 1.86. The van der Waals surface area contributed by atoms with E-state index in [9.17, 15) is 18.0 Å². The Morgan fingerprint density at radius 2 is 1.71 bits per heavy atom. The van der Waals surface area contributed by atoms with E-state index in [0.717, 1.165) is 12.8 Å². The first-order valence-electron chi connectivity index (χ1n) is 10.2. The molecule has 0 heterocycles. The Balaban J connectivity index is 1.78. The molecule has 31 heavy (non-hydrogen) atoms. The SMILES string of the molecule is COC(=O)C1CCCCC1(C)NC(=O)c1ccc(S(=O)(=O)N(C)c2ccccc2)cc1. The third-order valence-corrected chi connectivity index (χ3v) is 7.79. The van der Waals surface area contributed by atoms with Gasteiger partial charge in [0.05, 0.1) is 29.1 Å². The van der Waals surface area contributed by atoms with Crippen molar-refractivity contribution in [3.63, 3.8) is 0 Å². The highest BCUT2D eigenvalue weighted by molar-refractivity contribution is 7.92. The Bertz CT molecular complexity index is 1040. The largest absolute Gasteiger partial charge is 0.469 e. The van der Waals surface area contributed by atoms with Gasteiger partial charge in [-0.2, -0.15) is 0 Å². The van der Waals surface area contributed by atoms with Crippen LogP contribution < -0.4 is 9.62 Å². The minimum atomic E-state index is -3.76. The number of nitrogens with one attached hydrogen (secondary N) is 1. The number of para-hydroxylation sites is 1. The number of hydrogen-bond donors (Lipinski definition) is 1. The van der Waals surface area contributed by atoms with Gasteiger partial charge in [-0.15, -0.1) is 0 Å². The molecule has 1 amide bonds. The van der Waals surface area contributed by atoms with Crippen molar-refractivity contribution < 1.29 is 22.7 Å². The lowest BCUT2D eigenvalue weighted by Crippen LogP contribution is -2.55. The second-order valence-corrected chi connectivity index (χ2v) is 9.99. The summed E-state index contributed by atoms with van der Waals surface area (Å²) in [6.07, 6.45) is 3.15. The normalized spacial score (nSPS) is 21.2. The average Bonchev–Trinajstić information content (AvgIpc) is 2.78. The first kappa shape index (κ1) is 22.8. The number of amides is 1. The molecule has 0 aliphatic heterocycles. The fraction of sp³-hybridized carbons (Fsp3) is 0.391. The van der Waals surface area contributed by atoms with E-state index in [1.165, 1.54) is 42.7 Å². The van der Waals surface area contributed by atoms with Crippen LogP contribution in [-0.4, -0.2) is 40.0 Å². The summed E-state index contributed by atoms with van der Waals surface area (Å²) in [5, 5.41) is 2.98. The molecule has 1 N–H and O–H groups in total. The summed E-state index contributed by atoms with van der Waals surface area (Å²) >= 11 is 0. The van der Waals surface area contributed by atoms with Gasteiger partial charge in [0.2, 0.25) is 0 Å². The molecule has 7 nitrogen and oxygen atoms in total. The van der Waals surface area contributed by atoms with Crippen LogP contribution in [0.5, 0.6) is 0 Å². The molecule has 0 bridgehead atoms. The molecule has 3 rings (SSSR count). The smallest absolute Gasteiger partial charge is 0.311 e. The van der Waals surface area contributed by atoms with Crippen molar-refractivity contribution in [2.45, 2.75) is 43.0 Å². The molecule has 2 aromatic carbocycles. The highest BCUT2D eigenvalue weighted by Crippen LogP contribution is 2.34. The van der Waals surface area contributed by atoms with Gasteiger partial charge in [-0.1, -0.05) is 31.0 Å². The van der Waals surface area contributed by atoms with Gasteiger partial charge in [-0.05, 0) is 56.2 Å². The molecule has 1 fully saturated rings. The fourth-order valence-corrected chi connectivity index (χ4v) is 5.24. The summed E-state index contributed by atoms with van der Waals surface area (Å²) in [4.78, 5) is 25.1. The molecule has 1 saturated carbocycles. The second-order valence-electron chi connectivity index (χ2n) is 8.03. The molecule has 2 atom stereocenters. The summed E-state index contributed by atoms with van der Waals surface area (Å²) in [7, 11) is -0.916. The van der Waals surface area contributed by atoms with E-state index >= 15 is 0 Å². The molecule has 166 valence electrons. The topological polar surface area (TPSA) is 92.8 Å². The zero-order valence-corrected chi connectivity index (χ0v) is 18.8. The van der Waals surface area contributed by atoms with Crippen LogP contribution >= 0.6 is 0 Å². The van der Waals surface area contributed by atoms with Crippen LogP contribution in [0.1, 0.15) is 43.0 Å². The number of esters is 1. The Hall–Kier alpha value is -2.87. The van der Waals surface area contributed by atoms with Crippen molar-refractivity contribution in [2.75, 3.05) is 18.5 Å². The van der Waals surface area contributed by atoms with Crippen LogP contribution in [0.3, 0.4) is 0 Å². The number of benzene rings is 2. The van der Waals surface area contributed by atoms with E-state index in [1.807, 2.05) is 13.0 Å². The summed E-state index contributed by atoms with van der Waals surface area (Å²) in [5.41, 5.74) is 0.167. The lowest BCUT2D eigenvalue weighted by atomic mass is 9.73. The number of nitrogens with zero attached hydrogens (tertiary/aromatic N) is 1. The zero-order chi connectivity index (χ0) is 22.6. The van der Waals surface area contributed by atoms with Gasteiger partial charge < -0.3 is 10.1 Å². The van der Waals surface area contributed by atoms with Crippen LogP contribution in [0, 0.1) is 5.92 Å². The van der Waals surface area contributed by atoms with E-state index in [2.05, 4.69) is 5.32 Å². The third kappa shape index (κ3) is 4.74. The Morgan fingerprint density at radius 3 is 2.32 bits per heavy atom. The van der Waals surface area contributed by atoms with Crippen molar-refractivity contribution in [1.29, 1.82) is 0 Å². The molecule has 2 unspecified atom stereocenters. The maximum absolute atomic E-state index is 12.9. The van der Waals surface area contributed by atoms with Gasteiger partial charge in [0, 0.05) is 12.6 Å². The van der Waals surface area contributed by atoms with Crippen LogP contribution in [0.15, 0.2) is 59.5 Å². The molecular formula is C23H28N2O5S. The van der Waals surface area contributed by atoms with E-state index in [1.54, 1.807) is 24.3 Å². The van der Waals surface area contributed by atoms with Gasteiger partial charge >= 0.3 is 5.97 Å². The maximum Gasteiger partial charge on any atom is 0.311 e. The molecule has 0 radical (unpaired) electrons. The van der Waals surface area contributed by atoms with Crippen LogP contribution in [0.4, 0.5) is 5.69 Å². The molecule has 8 heteroatoms. The minimum absolute atomic E-state index is 0.0896. The molecular weight excluding hydrogens is 416 g/mol. The summed E-state index contributed by atoms with van der Waals surface area (Å²) < 4.78 is 31.9. The first-order valence-corrected chi connectivity index (χ1v) is 11.7. The van der Waals surface area contributed by atoms with Gasteiger partial charge in [0.15, 0.2) is 0 Å². The van der Waals surface area contributed by atoms with Gasteiger partial charge in [0.25, 0.3) is 15.9 Å². The average molecular weight is 445 g/mol. The molecule has 2 aromatic rings. The van der Waals surface area contributed by atoms with Crippen molar-refractivity contribution in [3.05, 3.63) is 60.2 Å². The number of ether oxygens (including phenoxy) is 1. The van der Waals surface area contributed by atoms with Crippen LogP contribution in [-0.2, 0) is 19.6 Å². The lowest BCUT2D eigenvalue weighted by molar-refractivity contribution is -0.149. The number of carbonyl (C=O) groups excluding carboxylic acids is 2. The van der Waals surface area contributed by atoms with Crippen molar-refractivity contribution in [1.82, 2.24) is 5.32 Å². The highest BCUT2D eigenvalue weighted by atomic mass is 32.2. The Kier molecular flexibility index (Phi) is 6.69. The number of rotatable bonds is 6. The van der Waals surface area contributed by atoms with E-state index < -0.39 is 21.5 Å². The van der Waals surface area contributed by atoms with Crippen LogP contribution in [0.25, 0.3) is 0 Å². The van der Waals surface area contributed by atoms with Gasteiger partial charge in [0.1, 0.15) is 0 Å². The first-order chi connectivity index (χ1) is 14.7. The van der Waals surface area contributed by atoms with Crippen LogP contribution in [0.2, 0.25) is 0 Å². The standard InChI is InChI=1S/C23H28N2O5S/c1-23(16-8-7-11-20(23)22(27)30-3)24-21(26)17-12-14-19(15-13-17)31(28,29)25(2)18-9-5-4-6-10-18/h4-6,9-10,12-15,20H,7-8,11,16H2,1-3H3,(H,24,26). The van der Waals surface area contributed by atoms with Crippen molar-refractivity contribution in [3.8, 4) is 0 Å². The van der Waals surface area contributed by atoms with E-state index in [0.29, 0.717) is 24.1 Å². The molecule has 1 aliphatic rings. The number of methoxy groups -OCH3 is 1. The molecule has 1 aliphatic carbocycles.